The standard InChI is InChI=1S/C27H45N5O6.2CO2.CH4/c1-28-11-12-29(2)14-16-31(20-25(33)34)18-17-30(15-13-28)19-24(32(21-26(35)36)22-27(37)38)10-6-9-23-7-4-3-5-8-23;2*2-1-3;/h3-5,7-8,24H,6,9-22H2,1-2H3,(H,33,34)(H,35,36)(H,37,38);;;1H4. The number of carboxylic acid groups (broad SMARTS) is 3. The first kappa shape index (κ1) is 43.3. The van der Waals surface area contributed by atoms with Gasteiger partial charge in [0.15, 0.2) is 0 Å². The zero-order valence-electron chi connectivity index (χ0n) is 25.5. The van der Waals surface area contributed by atoms with Gasteiger partial charge >= 0.3 is 30.2 Å². The smallest absolute Gasteiger partial charge is 0.373 e. The molecule has 1 atom stereocenters. The first-order chi connectivity index (χ1) is 20.9. The van der Waals surface area contributed by atoms with Gasteiger partial charge in [-0.3, -0.25) is 29.1 Å². The van der Waals surface area contributed by atoms with Crippen LogP contribution in [0.25, 0.3) is 0 Å². The van der Waals surface area contributed by atoms with E-state index in [0.29, 0.717) is 32.6 Å². The molecule has 2 rings (SSSR count). The summed E-state index contributed by atoms with van der Waals surface area (Å²) in [6.07, 6.45) is 2.79. The van der Waals surface area contributed by atoms with Crippen molar-refractivity contribution in [1.29, 1.82) is 0 Å². The molecule has 15 nitrogen and oxygen atoms in total. The van der Waals surface area contributed by atoms with E-state index in [-0.39, 0.29) is 45.4 Å². The average Bonchev–Trinajstić information content (AvgIpc) is 2.95. The molecule has 45 heavy (non-hydrogen) atoms. The van der Waals surface area contributed by atoms with Crippen molar-refractivity contribution in [2.45, 2.75) is 32.7 Å². The van der Waals surface area contributed by atoms with Crippen LogP contribution in [0, 0.1) is 0 Å². The summed E-state index contributed by atoms with van der Waals surface area (Å²) < 4.78 is 0. The predicted octanol–water partition coefficient (Wildman–Crippen LogP) is -0.116. The quantitative estimate of drug-likeness (QED) is 0.258. The minimum atomic E-state index is -1.05. The van der Waals surface area contributed by atoms with Crippen LogP contribution in [-0.2, 0) is 40.0 Å². The molecule has 1 unspecified atom stereocenters. The number of hydrogen-bond donors (Lipinski definition) is 3. The first-order valence-electron chi connectivity index (χ1n) is 14.2. The van der Waals surface area contributed by atoms with Crippen LogP contribution in [-0.4, -0.2) is 169 Å². The lowest BCUT2D eigenvalue weighted by Crippen LogP contribution is -2.51. The average molecular weight is 640 g/mol. The van der Waals surface area contributed by atoms with E-state index in [9.17, 15) is 29.7 Å². The van der Waals surface area contributed by atoms with Crippen LogP contribution in [0.15, 0.2) is 30.3 Å². The predicted molar refractivity (Wildman–Crippen MR) is 162 cm³/mol. The lowest BCUT2D eigenvalue weighted by molar-refractivity contribution is -0.193. The molecule has 0 saturated carbocycles. The Bertz CT molecular complexity index is 1010. The fourth-order valence-electron chi connectivity index (χ4n) is 4.76. The Morgan fingerprint density at radius 2 is 1.16 bits per heavy atom. The topological polar surface area (TPSA) is 196 Å². The normalized spacial score (nSPS) is 16.0. The summed E-state index contributed by atoms with van der Waals surface area (Å²) in [6.45, 7) is 5.70. The monoisotopic (exact) mass is 639 g/mol. The molecule has 1 aromatic carbocycles. The summed E-state index contributed by atoms with van der Waals surface area (Å²) in [7, 11) is 4.12. The molecule has 0 spiro atoms. The number of carboxylic acids is 3. The molecule has 0 bridgehead atoms. The number of aryl methyl sites for hydroxylation is 1. The van der Waals surface area contributed by atoms with Gasteiger partial charge in [-0.1, -0.05) is 37.8 Å². The number of nitrogens with zero attached hydrogens (tertiary/aromatic N) is 5. The molecule has 0 aliphatic carbocycles. The van der Waals surface area contributed by atoms with E-state index in [4.69, 9.17) is 19.2 Å². The van der Waals surface area contributed by atoms with Crippen molar-refractivity contribution in [2.24, 2.45) is 0 Å². The minimum absolute atomic E-state index is 0. The van der Waals surface area contributed by atoms with Gasteiger partial charge < -0.3 is 25.1 Å². The molecular weight excluding hydrogens is 590 g/mol. The second-order valence-corrected chi connectivity index (χ2v) is 10.5. The van der Waals surface area contributed by atoms with Crippen LogP contribution in [0.2, 0.25) is 0 Å². The summed E-state index contributed by atoms with van der Waals surface area (Å²) in [5, 5.41) is 28.4. The first-order valence-corrected chi connectivity index (χ1v) is 14.2. The van der Waals surface area contributed by atoms with Crippen molar-refractivity contribution in [2.75, 3.05) is 92.6 Å². The number of hydrogen-bond acceptors (Lipinski definition) is 12. The fraction of sp³-hybridized carbons (Fsp3) is 0.633. The van der Waals surface area contributed by atoms with E-state index in [1.165, 1.54) is 5.56 Å². The Morgan fingerprint density at radius 1 is 0.733 bits per heavy atom. The molecule has 15 heteroatoms. The van der Waals surface area contributed by atoms with Gasteiger partial charge in [-0.2, -0.15) is 19.2 Å². The third kappa shape index (κ3) is 23.3. The van der Waals surface area contributed by atoms with E-state index >= 15 is 0 Å². The molecule has 0 aromatic heterocycles. The number of carbonyl (C=O) groups excluding carboxylic acids is 4. The lowest BCUT2D eigenvalue weighted by atomic mass is 10.0. The molecule has 1 fully saturated rings. The Labute approximate surface area is 265 Å². The minimum Gasteiger partial charge on any atom is -0.480 e. The van der Waals surface area contributed by atoms with E-state index in [1.807, 2.05) is 30.1 Å². The maximum absolute atomic E-state index is 11.6. The Morgan fingerprint density at radius 3 is 1.62 bits per heavy atom. The summed E-state index contributed by atoms with van der Waals surface area (Å²) in [5.41, 5.74) is 1.19. The van der Waals surface area contributed by atoms with E-state index < -0.39 is 17.9 Å². The molecule has 1 aromatic rings. The Balaban J connectivity index is 0. The second-order valence-electron chi connectivity index (χ2n) is 10.5. The van der Waals surface area contributed by atoms with Crippen LogP contribution >= 0.6 is 0 Å². The summed E-state index contributed by atoms with van der Waals surface area (Å²) in [4.78, 5) is 77.4. The zero-order chi connectivity index (χ0) is 33.3. The van der Waals surface area contributed by atoms with Gasteiger partial charge in [0.1, 0.15) is 0 Å². The summed E-state index contributed by atoms with van der Waals surface area (Å²) in [5.74, 6) is -2.96. The maximum Gasteiger partial charge on any atom is 0.373 e. The number of rotatable bonds is 13. The van der Waals surface area contributed by atoms with E-state index in [1.54, 1.807) is 4.90 Å². The SMILES string of the molecule is C.CN1CCN(C)CCN(CC(CCCc2ccccc2)N(CC(=O)O)CC(=O)O)CCN(CC(=O)O)CC1.O=C=O.O=C=O. The van der Waals surface area contributed by atoms with Gasteiger partial charge in [0.25, 0.3) is 0 Å². The van der Waals surface area contributed by atoms with Crippen molar-refractivity contribution in [3.8, 4) is 0 Å². The third-order valence-electron chi connectivity index (χ3n) is 7.06. The molecule has 0 amide bonds. The number of carbonyl (C=O) groups is 3. The van der Waals surface area contributed by atoms with Crippen molar-refractivity contribution in [3.63, 3.8) is 0 Å². The lowest BCUT2D eigenvalue weighted by Gasteiger charge is -2.36. The molecule has 1 aliphatic heterocycles. The van der Waals surface area contributed by atoms with Crippen LogP contribution in [0.3, 0.4) is 0 Å². The molecular formula is C30H49N5O10. The van der Waals surface area contributed by atoms with Crippen LogP contribution in [0.5, 0.6) is 0 Å². The van der Waals surface area contributed by atoms with Gasteiger partial charge in [0.05, 0.1) is 19.6 Å². The highest BCUT2D eigenvalue weighted by atomic mass is 16.4. The third-order valence-corrected chi connectivity index (χ3v) is 7.06. The van der Waals surface area contributed by atoms with Crippen molar-refractivity contribution >= 4 is 30.2 Å². The molecule has 1 heterocycles. The van der Waals surface area contributed by atoms with Crippen LogP contribution < -0.4 is 0 Å². The van der Waals surface area contributed by atoms with Gasteiger partial charge in [0, 0.05) is 64.9 Å². The summed E-state index contributed by atoms with van der Waals surface area (Å²) >= 11 is 0. The highest BCUT2D eigenvalue weighted by molar-refractivity contribution is 5.72. The molecule has 3 N–H and O–H groups in total. The van der Waals surface area contributed by atoms with Crippen LogP contribution in [0.4, 0.5) is 0 Å². The molecule has 1 saturated heterocycles. The zero-order valence-corrected chi connectivity index (χ0v) is 25.5. The maximum atomic E-state index is 11.6. The van der Waals surface area contributed by atoms with E-state index in [2.05, 4.69) is 33.9 Å². The van der Waals surface area contributed by atoms with Crippen molar-refractivity contribution < 1.29 is 48.9 Å². The highest BCUT2D eigenvalue weighted by Crippen LogP contribution is 2.14. The number of aliphatic carboxylic acids is 3. The Hall–Kier alpha value is -3.81. The largest absolute Gasteiger partial charge is 0.480 e. The van der Waals surface area contributed by atoms with Gasteiger partial charge in [-0.05, 0) is 38.9 Å². The fourth-order valence-corrected chi connectivity index (χ4v) is 4.76. The second kappa shape index (κ2) is 26.6. The number of likely N-dealkylation sites (N-methyl/N-ethyl adjacent to an activating group) is 2. The van der Waals surface area contributed by atoms with Crippen molar-refractivity contribution in [3.05, 3.63) is 35.9 Å². The summed E-state index contributed by atoms with van der Waals surface area (Å²) in [6, 6.07) is 9.80. The van der Waals surface area contributed by atoms with E-state index in [0.717, 1.165) is 45.6 Å². The molecule has 0 radical (unpaired) electrons. The van der Waals surface area contributed by atoms with Gasteiger partial charge in [0.2, 0.25) is 0 Å². The molecule has 1 aliphatic rings. The molecule has 254 valence electrons. The van der Waals surface area contributed by atoms with Gasteiger partial charge in [-0.25, -0.2) is 0 Å². The van der Waals surface area contributed by atoms with Crippen molar-refractivity contribution in [1.82, 2.24) is 24.5 Å². The number of benzene rings is 1. The highest BCUT2D eigenvalue weighted by Gasteiger charge is 2.26. The Kier molecular flexibility index (Phi) is 25.6. The van der Waals surface area contributed by atoms with Crippen LogP contribution in [0.1, 0.15) is 25.8 Å². The van der Waals surface area contributed by atoms with Gasteiger partial charge in [-0.15, -0.1) is 0 Å².